The van der Waals surface area contributed by atoms with E-state index < -0.39 is 5.95 Å². The molecule has 3 heteroatoms. The molecule has 1 nitrogen and oxygen atoms in total. The Balaban J connectivity index is 3.31. The van der Waals surface area contributed by atoms with Gasteiger partial charge in [0.05, 0.1) is 0 Å². The molecule has 0 unspecified atom stereocenters. The van der Waals surface area contributed by atoms with Crippen LogP contribution in [0.3, 0.4) is 0 Å². The molecule has 0 aliphatic rings. The molecule has 50 valence electrons. The summed E-state index contributed by atoms with van der Waals surface area (Å²) in [4.78, 5) is 3.23. The van der Waals surface area contributed by atoms with E-state index in [0.717, 1.165) is 6.07 Å². The number of pyridine rings is 1. The number of aromatic nitrogens is 1. The van der Waals surface area contributed by atoms with Crippen molar-refractivity contribution in [3.05, 3.63) is 42.1 Å². The van der Waals surface area contributed by atoms with Gasteiger partial charge in [-0.15, -0.1) is 0 Å². The second kappa shape index (κ2) is 2.54. The zero-order valence-electron chi connectivity index (χ0n) is 4.94. The lowest BCUT2D eigenvalue weighted by molar-refractivity contribution is 0.583. The van der Waals surface area contributed by atoms with Gasteiger partial charge < -0.3 is 0 Å². The summed E-state index contributed by atoms with van der Waals surface area (Å²) >= 11 is 5.36. The summed E-state index contributed by atoms with van der Waals surface area (Å²) in [7, 11) is 0. The number of hydrogen-bond donors (Lipinski definition) is 0. The van der Waals surface area contributed by atoms with E-state index in [9.17, 15) is 4.39 Å². The smallest absolute Gasteiger partial charge is 0.207 e. The molecule has 0 saturated carbocycles. The van der Waals surface area contributed by atoms with Crippen LogP contribution in [0, 0.1) is 19.8 Å². The Labute approximate surface area is 63.8 Å². The molecular formula is C7H3ClFN. The van der Waals surface area contributed by atoms with E-state index >= 15 is 0 Å². The molecule has 0 amide bonds. The fourth-order valence-electron chi connectivity index (χ4n) is 0.511. The van der Waals surface area contributed by atoms with Gasteiger partial charge in [0.15, 0.2) is 0 Å². The third-order valence-corrected chi connectivity index (χ3v) is 1.30. The minimum Gasteiger partial charge on any atom is -0.207 e. The summed E-state index contributed by atoms with van der Waals surface area (Å²) in [5.41, 5.74) is 0.223. The normalized spacial score (nSPS) is 10.0. The number of nitrogens with zero attached hydrogens (tertiary/aromatic N) is 1. The second-order valence-corrected chi connectivity index (χ2v) is 2.10. The summed E-state index contributed by atoms with van der Waals surface area (Å²) in [5.74, 6) is -0.725. The lowest BCUT2D eigenvalue weighted by Crippen LogP contribution is -1.89. The average Bonchev–Trinajstić information content (AvgIpc) is 1.82. The van der Waals surface area contributed by atoms with E-state index in [1.165, 1.54) is 0 Å². The lowest BCUT2D eigenvalue weighted by atomic mass is 10.2. The van der Waals surface area contributed by atoms with Gasteiger partial charge in [-0.3, -0.25) is 0 Å². The Morgan fingerprint density at radius 1 is 1.50 bits per heavy atom. The Morgan fingerprint density at radius 3 is 2.60 bits per heavy atom. The summed E-state index contributed by atoms with van der Waals surface area (Å²) in [6, 6.07) is 1.02. The molecule has 4 radical (unpaired) electrons. The maximum atomic E-state index is 12.3. The van der Waals surface area contributed by atoms with E-state index in [0.29, 0.717) is 0 Å². The summed E-state index contributed by atoms with van der Waals surface area (Å²) in [5, 5.41) is -0.0995. The molecule has 0 aliphatic carbocycles. The molecule has 0 aliphatic heterocycles. The predicted octanol–water partition coefficient (Wildman–Crippen LogP) is 1.99. The minimum absolute atomic E-state index is 0.0995. The van der Waals surface area contributed by atoms with Gasteiger partial charge in [-0.25, -0.2) is 4.98 Å². The van der Waals surface area contributed by atoms with E-state index in [4.69, 9.17) is 25.4 Å². The van der Waals surface area contributed by atoms with Crippen LogP contribution in [-0.2, 0) is 0 Å². The van der Waals surface area contributed by atoms with Crippen molar-refractivity contribution < 1.29 is 4.39 Å². The van der Waals surface area contributed by atoms with Crippen LogP contribution in [0.25, 0.3) is 0 Å². The molecule has 0 saturated heterocycles. The summed E-state index contributed by atoms with van der Waals surface area (Å²) < 4.78 is 12.3. The van der Waals surface area contributed by atoms with Gasteiger partial charge >= 0.3 is 0 Å². The Kier molecular flexibility index (Phi) is 1.90. The van der Waals surface area contributed by atoms with Gasteiger partial charge in [0.25, 0.3) is 0 Å². The highest BCUT2D eigenvalue weighted by molar-refractivity contribution is 6.30. The van der Waals surface area contributed by atoms with Crippen LogP contribution in [0.4, 0.5) is 4.39 Å². The molecule has 0 N–H and O–H groups in total. The molecule has 1 heterocycles. The zero-order chi connectivity index (χ0) is 7.72. The monoisotopic (exact) mass is 155 g/mol. The van der Waals surface area contributed by atoms with Crippen LogP contribution >= 0.6 is 11.6 Å². The predicted molar refractivity (Wildman–Crippen MR) is 36.0 cm³/mol. The van der Waals surface area contributed by atoms with Crippen LogP contribution in [-0.4, -0.2) is 4.98 Å². The first-order valence-electron chi connectivity index (χ1n) is 2.48. The number of hydrogen-bond acceptors (Lipinski definition) is 1. The number of rotatable bonds is 0. The van der Waals surface area contributed by atoms with Crippen LogP contribution in [0.1, 0.15) is 11.1 Å². The molecule has 0 spiro atoms. The van der Waals surface area contributed by atoms with Crippen LogP contribution in [0.2, 0.25) is 5.15 Å². The van der Waals surface area contributed by atoms with Gasteiger partial charge in [0, 0.05) is 6.92 Å². The number of halogens is 2. The SMILES string of the molecule is [CH]c1cc(F)nc(Cl)c1[CH]. The second-order valence-electron chi connectivity index (χ2n) is 1.74. The molecule has 10 heavy (non-hydrogen) atoms. The minimum atomic E-state index is -0.725. The van der Waals surface area contributed by atoms with Crippen molar-refractivity contribution in [2.75, 3.05) is 0 Å². The highest BCUT2D eigenvalue weighted by atomic mass is 35.5. The highest BCUT2D eigenvalue weighted by Crippen LogP contribution is 2.15. The summed E-state index contributed by atoms with van der Waals surface area (Å²) in [6.45, 7) is 10.5. The molecule has 1 aromatic heterocycles. The van der Waals surface area contributed by atoms with Crippen molar-refractivity contribution in [3.8, 4) is 0 Å². The topological polar surface area (TPSA) is 12.9 Å². The average molecular weight is 156 g/mol. The lowest BCUT2D eigenvalue weighted by Gasteiger charge is -1.99. The van der Waals surface area contributed by atoms with E-state index in [1.54, 1.807) is 0 Å². The van der Waals surface area contributed by atoms with E-state index in [-0.39, 0.29) is 16.3 Å². The van der Waals surface area contributed by atoms with Crippen LogP contribution < -0.4 is 0 Å². The first-order chi connectivity index (χ1) is 4.61. The molecule has 0 fully saturated rings. The standard InChI is InChI=1S/C7H3ClFN/c1-4-3-6(9)10-7(8)5(4)2/h1-3H. The van der Waals surface area contributed by atoms with Gasteiger partial charge in [-0.05, 0) is 24.1 Å². The van der Waals surface area contributed by atoms with E-state index in [2.05, 4.69) is 4.98 Å². The largest absolute Gasteiger partial charge is 0.214 e. The Hall–Kier alpha value is -0.630. The molecule has 0 atom stereocenters. The first kappa shape index (κ1) is 7.48. The van der Waals surface area contributed by atoms with Gasteiger partial charge in [0.2, 0.25) is 5.95 Å². The zero-order valence-corrected chi connectivity index (χ0v) is 5.69. The van der Waals surface area contributed by atoms with Crippen molar-refractivity contribution in [1.29, 1.82) is 0 Å². The molecule has 1 rings (SSSR count). The fourth-order valence-corrected chi connectivity index (χ4v) is 0.701. The maximum absolute atomic E-state index is 12.3. The summed E-state index contributed by atoms with van der Waals surface area (Å²) in [6.07, 6.45) is 0. The van der Waals surface area contributed by atoms with Gasteiger partial charge in [-0.2, -0.15) is 4.39 Å². The van der Waals surface area contributed by atoms with Crippen molar-refractivity contribution in [2.45, 2.75) is 0 Å². The van der Waals surface area contributed by atoms with Crippen molar-refractivity contribution >= 4 is 11.6 Å². The maximum Gasteiger partial charge on any atom is 0.214 e. The van der Waals surface area contributed by atoms with Gasteiger partial charge in [-0.1, -0.05) is 11.6 Å². The molecule has 1 aromatic rings. The molecule has 0 aromatic carbocycles. The van der Waals surface area contributed by atoms with Gasteiger partial charge in [0.1, 0.15) is 5.15 Å². The molecule has 0 bridgehead atoms. The third kappa shape index (κ3) is 1.27. The highest BCUT2D eigenvalue weighted by Gasteiger charge is 2.02. The van der Waals surface area contributed by atoms with Crippen molar-refractivity contribution in [2.24, 2.45) is 0 Å². The fraction of sp³-hybridized carbons (Fsp3) is 0. The van der Waals surface area contributed by atoms with E-state index in [1.807, 2.05) is 0 Å². The third-order valence-electron chi connectivity index (χ3n) is 1.01. The first-order valence-corrected chi connectivity index (χ1v) is 2.86. The quantitative estimate of drug-likeness (QED) is 0.522. The van der Waals surface area contributed by atoms with Crippen LogP contribution in [0.15, 0.2) is 6.07 Å². The Bertz CT molecular complexity index is 237. The van der Waals surface area contributed by atoms with Crippen LogP contribution in [0.5, 0.6) is 0 Å². The van der Waals surface area contributed by atoms with Crippen molar-refractivity contribution in [3.63, 3.8) is 0 Å². The molecular weight excluding hydrogens is 153 g/mol. The van der Waals surface area contributed by atoms with Crippen molar-refractivity contribution in [1.82, 2.24) is 4.98 Å². The Morgan fingerprint density at radius 2 is 2.10 bits per heavy atom.